The number of carbonyl (C=O) groups is 1. The molecule has 0 bridgehead atoms. The van der Waals surface area contributed by atoms with Gasteiger partial charge in [0.15, 0.2) is 5.69 Å². The van der Waals surface area contributed by atoms with Crippen LogP contribution >= 0.6 is 11.6 Å². The summed E-state index contributed by atoms with van der Waals surface area (Å²) < 4.78 is 1.63. The molecule has 1 amide bonds. The topological polar surface area (TPSA) is 75.9 Å². The minimum atomic E-state index is -0.115. The van der Waals surface area contributed by atoms with E-state index in [0.29, 0.717) is 36.9 Å². The van der Waals surface area contributed by atoms with Gasteiger partial charge in [-0.1, -0.05) is 35.0 Å². The molecule has 1 aliphatic rings. The van der Waals surface area contributed by atoms with E-state index in [1.165, 1.54) is 0 Å². The van der Waals surface area contributed by atoms with Gasteiger partial charge in [0.2, 0.25) is 0 Å². The van der Waals surface area contributed by atoms with Gasteiger partial charge in [-0.25, -0.2) is 4.68 Å². The Balaban J connectivity index is 1.44. The zero-order chi connectivity index (χ0) is 18.6. The van der Waals surface area contributed by atoms with Gasteiger partial charge in [-0.2, -0.15) is 0 Å². The first kappa shape index (κ1) is 17.6. The van der Waals surface area contributed by atoms with E-state index >= 15 is 0 Å². The van der Waals surface area contributed by atoms with Crippen molar-refractivity contribution in [2.45, 2.75) is 12.6 Å². The number of rotatable bonds is 4. The highest BCUT2D eigenvalue weighted by Crippen LogP contribution is 2.21. The number of aromatic nitrogens is 4. The lowest BCUT2D eigenvalue weighted by Crippen LogP contribution is -2.48. The molecule has 1 saturated heterocycles. The zero-order valence-electron chi connectivity index (χ0n) is 14.6. The zero-order valence-corrected chi connectivity index (χ0v) is 15.4. The Hall–Kier alpha value is -2.77. The molecule has 1 N–H and O–H groups in total. The summed E-state index contributed by atoms with van der Waals surface area (Å²) in [6.07, 6.45) is 3.41. The summed E-state index contributed by atoms with van der Waals surface area (Å²) in [5.41, 5.74) is 2.28. The molecule has 3 heterocycles. The van der Waals surface area contributed by atoms with Crippen LogP contribution in [-0.2, 0) is 6.54 Å². The van der Waals surface area contributed by atoms with Crippen LogP contribution in [0.2, 0.25) is 5.02 Å². The SMILES string of the molecule is O=C(c1cn(Cc2ccccn2)nn1)N1CCNC(c2cccc(Cl)c2)C1. The van der Waals surface area contributed by atoms with Crippen LogP contribution in [0.25, 0.3) is 0 Å². The van der Waals surface area contributed by atoms with Crippen LogP contribution in [0.15, 0.2) is 54.9 Å². The lowest BCUT2D eigenvalue weighted by atomic mass is 10.0. The maximum absolute atomic E-state index is 12.8. The normalized spacial score (nSPS) is 17.1. The fourth-order valence-corrected chi connectivity index (χ4v) is 3.37. The molecule has 1 aliphatic heterocycles. The summed E-state index contributed by atoms with van der Waals surface area (Å²) in [6, 6.07) is 13.4. The molecule has 0 saturated carbocycles. The van der Waals surface area contributed by atoms with Crippen LogP contribution in [0, 0.1) is 0 Å². The summed E-state index contributed by atoms with van der Waals surface area (Å²) >= 11 is 6.09. The fraction of sp³-hybridized carbons (Fsp3) is 0.263. The summed E-state index contributed by atoms with van der Waals surface area (Å²) in [5.74, 6) is -0.115. The van der Waals surface area contributed by atoms with Crippen molar-refractivity contribution >= 4 is 17.5 Å². The highest BCUT2D eigenvalue weighted by Gasteiger charge is 2.26. The number of benzene rings is 1. The minimum Gasteiger partial charge on any atom is -0.334 e. The number of piperazine rings is 1. The molecule has 3 aromatic rings. The number of carbonyl (C=O) groups excluding carboxylic acids is 1. The maximum atomic E-state index is 12.8. The number of halogens is 1. The van der Waals surface area contributed by atoms with E-state index in [2.05, 4.69) is 20.6 Å². The van der Waals surface area contributed by atoms with Crippen molar-refractivity contribution in [3.8, 4) is 0 Å². The van der Waals surface area contributed by atoms with Crippen LogP contribution in [0.3, 0.4) is 0 Å². The molecule has 1 fully saturated rings. The van der Waals surface area contributed by atoms with E-state index in [9.17, 15) is 4.79 Å². The van der Waals surface area contributed by atoms with Crippen LogP contribution in [-0.4, -0.2) is 50.4 Å². The summed E-state index contributed by atoms with van der Waals surface area (Å²) in [6.45, 7) is 2.38. The standard InChI is InChI=1S/C19H19ClN6O/c20-15-5-3-4-14(10-15)17-12-25(9-8-22-17)19(27)18-13-26(24-23-18)11-16-6-1-2-7-21-16/h1-7,10,13,17,22H,8-9,11-12H2. The first-order chi connectivity index (χ1) is 13.2. The molecular formula is C19H19ClN6O. The number of pyridine rings is 1. The molecule has 8 heteroatoms. The summed E-state index contributed by atoms with van der Waals surface area (Å²) in [5, 5.41) is 12.2. The highest BCUT2D eigenvalue weighted by atomic mass is 35.5. The van der Waals surface area contributed by atoms with Gasteiger partial charge in [-0.05, 0) is 29.8 Å². The van der Waals surface area contributed by atoms with E-state index < -0.39 is 0 Å². The van der Waals surface area contributed by atoms with Crippen LogP contribution < -0.4 is 5.32 Å². The van der Waals surface area contributed by atoms with E-state index in [0.717, 1.165) is 11.3 Å². The molecule has 1 atom stereocenters. The monoisotopic (exact) mass is 382 g/mol. The third-order valence-electron chi connectivity index (χ3n) is 4.52. The number of hydrogen-bond donors (Lipinski definition) is 1. The lowest BCUT2D eigenvalue weighted by Gasteiger charge is -2.33. The number of nitrogens with zero attached hydrogens (tertiary/aromatic N) is 5. The van der Waals surface area contributed by atoms with Crippen molar-refractivity contribution in [2.24, 2.45) is 0 Å². The quantitative estimate of drug-likeness (QED) is 0.748. The first-order valence-corrected chi connectivity index (χ1v) is 9.15. The molecule has 7 nitrogen and oxygen atoms in total. The molecule has 1 aromatic carbocycles. The van der Waals surface area contributed by atoms with Crippen molar-refractivity contribution in [3.63, 3.8) is 0 Å². The second kappa shape index (κ2) is 7.85. The third kappa shape index (κ3) is 4.15. The van der Waals surface area contributed by atoms with Crippen molar-refractivity contribution in [1.29, 1.82) is 0 Å². The van der Waals surface area contributed by atoms with Crippen LogP contribution in [0.5, 0.6) is 0 Å². The summed E-state index contributed by atoms with van der Waals surface area (Å²) in [7, 11) is 0. The number of amides is 1. The van der Waals surface area contributed by atoms with Crippen LogP contribution in [0.1, 0.15) is 27.8 Å². The van der Waals surface area contributed by atoms with Crippen molar-refractivity contribution in [3.05, 3.63) is 76.8 Å². The van der Waals surface area contributed by atoms with Gasteiger partial charge in [-0.3, -0.25) is 9.78 Å². The maximum Gasteiger partial charge on any atom is 0.276 e. The molecule has 0 spiro atoms. The Morgan fingerprint density at radius 2 is 2.19 bits per heavy atom. The second-order valence-electron chi connectivity index (χ2n) is 6.44. The van der Waals surface area contributed by atoms with Gasteiger partial charge >= 0.3 is 0 Å². The first-order valence-electron chi connectivity index (χ1n) is 8.77. The molecular weight excluding hydrogens is 364 g/mol. The highest BCUT2D eigenvalue weighted by molar-refractivity contribution is 6.30. The van der Waals surface area contributed by atoms with Gasteiger partial charge in [0.05, 0.1) is 24.5 Å². The molecule has 1 unspecified atom stereocenters. The van der Waals surface area contributed by atoms with E-state index in [1.54, 1.807) is 22.0 Å². The van der Waals surface area contributed by atoms with Gasteiger partial charge < -0.3 is 10.2 Å². The Morgan fingerprint density at radius 1 is 1.26 bits per heavy atom. The third-order valence-corrected chi connectivity index (χ3v) is 4.76. The average Bonchev–Trinajstić information content (AvgIpc) is 3.17. The Bertz CT molecular complexity index is 929. The molecule has 0 aliphatic carbocycles. The van der Waals surface area contributed by atoms with Gasteiger partial charge in [0.25, 0.3) is 5.91 Å². The number of hydrogen-bond acceptors (Lipinski definition) is 5. The smallest absolute Gasteiger partial charge is 0.276 e. The predicted molar refractivity (Wildman–Crippen MR) is 101 cm³/mol. The minimum absolute atomic E-state index is 0.0463. The molecule has 2 aromatic heterocycles. The largest absolute Gasteiger partial charge is 0.334 e. The van der Waals surface area contributed by atoms with E-state index in [-0.39, 0.29) is 11.9 Å². The molecule has 138 valence electrons. The Morgan fingerprint density at radius 3 is 3.00 bits per heavy atom. The van der Waals surface area contributed by atoms with Crippen LogP contribution in [0.4, 0.5) is 0 Å². The molecule has 4 rings (SSSR count). The summed E-state index contributed by atoms with van der Waals surface area (Å²) in [4.78, 5) is 18.9. The van der Waals surface area contributed by atoms with Gasteiger partial charge in [0.1, 0.15) is 0 Å². The number of nitrogens with one attached hydrogen (secondary N) is 1. The Kier molecular flexibility index (Phi) is 5.13. The predicted octanol–water partition coefficient (Wildman–Crippen LogP) is 2.16. The van der Waals surface area contributed by atoms with E-state index in [4.69, 9.17) is 11.6 Å². The van der Waals surface area contributed by atoms with Crippen molar-refractivity contribution < 1.29 is 4.79 Å². The fourth-order valence-electron chi connectivity index (χ4n) is 3.17. The average molecular weight is 383 g/mol. The molecule has 27 heavy (non-hydrogen) atoms. The van der Waals surface area contributed by atoms with Gasteiger partial charge in [0, 0.05) is 30.9 Å². The lowest BCUT2D eigenvalue weighted by molar-refractivity contribution is 0.0697. The second-order valence-corrected chi connectivity index (χ2v) is 6.87. The van der Waals surface area contributed by atoms with E-state index in [1.807, 2.05) is 42.5 Å². The van der Waals surface area contributed by atoms with Crippen molar-refractivity contribution in [1.82, 2.24) is 30.2 Å². The Labute approximate surface area is 162 Å². The van der Waals surface area contributed by atoms with Crippen molar-refractivity contribution in [2.75, 3.05) is 19.6 Å². The molecule has 0 radical (unpaired) electrons. The van der Waals surface area contributed by atoms with Gasteiger partial charge in [-0.15, -0.1) is 5.10 Å².